The molecular weight excluding hydrogens is 428 g/mol. The highest BCUT2D eigenvalue weighted by molar-refractivity contribution is 6.37. The number of nitrogens with one attached hydrogen (secondary N) is 2. The van der Waals surface area contributed by atoms with E-state index in [4.69, 9.17) is 0 Å². The topological polar surface area (TPSA) is 87.5 Å². The molecule has 7 nitrogen and oxygen atoms in total. The number of nitro benzene ring substituents is 1. The van der Waals surface area contributed by atoms with Gasteiger partial charge >= 0.3 is 0 Å². The van der Waals surface area contributed by atoms with Gasteiger partial charge in [0.2, 0.25) is 0 Å². The van der Waals surface area contributed by atoms with Crippen LogP contribution in [0.25, 0.3) is 11.3 Å². The highest BCUT2D eigenvalue weighted by Gasteiger charge is 2.30. The molecule has 34 heavy (non-hydrogen) atoms. The lowest BCUT2D eigenvalue weighted by atomic mass is 9.99. The highest BCUT2D eigenvalue weighted by Crippen LogP contribution is 2.39. The van der Waals surface area contributed by atoms with Crippen LogP contribution in [0.1, 0.15) is 36.5 Å². The van der Waals surface area contributed by atoms with Gasteiger partial charge in [-0.1, -0.05) is 42.5 Å². The van der Waals surface area contributed by atoms with Crippen LogP contribution in [0.3, 0.4) is 0 Å². The Morgan fingerprint density at radius 2 is 1.88 bits per heavy atom. The summed E-state index contributed by atoms with van der Waals surface area (Å²) in [6, 6.07) is 22.8. The first kappa shape index (κ1) is 21.9. The van der Waals surface area contributed by atoms with Crippen LogP contribution in [0.5, 0.6) is 0 Å². The number of non-ortho nitro benzene ring substituents is 1. The predicted octanol–water partition coefficient (Wildman–Crippen LogP) is 5.51. The molecule has 0 saturated carbocycles. The van der Waals surface area contributed by atoms with Gasteiger partial charge < -0.3 is 10.6 Å². The zero-order chi connectivity index (χ0) is 23.7. The van der Waals surface area contributed by atoms with Gasteiger partial charge in [0, 0.05) is 41.7 Å². The van der Waals surface area contributed by atoms with Gasteiger partial charge in [0.1, 0.15) is 0 Å². The van der Waals surface area contributed by atoms with Crippen molar-refractivity contribution in [3.05, 3.63) is 99.6 Å². The molecule has 1 amide bonds. The number of hydrogen-bond acceptors (Lipinski definition) is 5. The molecule has 3 aromatic rings. The van der Waals surface area contributed by atoms with Gasteiger partial charge in [0.25, 0.3) is 11.6 Å². The molecule has 1 saturated heterocycles. The number of carbonyl (C=O) groups is 1. The number of rotatable bonds is 6. The van der Waals surface area contributed by atoms with Crippen molar-refractivity contribution in [1.82, 2.24) is 4.90 Å². The molecule has 2 aliphatic heterocycles. The number of nitro groups is 1. The second-order valence-electron chi connectivity index (χ2n) is 8.84. The van der Waals surface area contributed by atoms with Crippen molar-refractivity contribution in [2.24, 2.45) is 0 Å². The minimum atomic E-state index is -0.448. The van der Waals surface area contributed by atoms with Crippen molar-refractivity contribution >= 4 is 34.2 Å². The number of carbonyl (C=O) groups excluding carboxylic acids is 1. The van der Waals surface area contributed by atoms with Crippen LogP contribution in [0.2, 0.25) is 0 Å². The second kappa shape index (κ2) is 9.11. The molecule has 7 heteroatoms. The fourth-order valence-corrected chi connectivity index (χ4v) is 4.70. The van der Waals surface area contributed by atoms with Crippen molar-refractivity contribution < 1.29 is 9.72 Å². The fourth-order valence-electron chi connectivity index (χ4n) is 4.70. The van der Waals surface area contributed by atoms with Crippen molar-refractivity contribution in [3.8, 4) is 0 Å². The molecule has 1 unspecified atom stereocenters. The molecule has 0 spiro atoms. The lowest BCUT2D eigenvalue weighted by Crippen LogP contribution is -2.26. The van der Waals surface area contributed by atoms with Gasteiger partial charge in [0.15, 0.2) is 0 Å². The van der Waals surface area contributed by atoms with Crippen LogP contribution in [-0.4, -0.2) is 28.3 Å². The third-order valence-electron chi connectivity index (χ3n) is 6.57. The maximum Gasteiger partial charge on any atom is 0.270 e. The maximum atomic E-state index is 13.0. The zero-order valence-corrected chi connectivity index (χ0v) is 19.0. The van der Waals surface area contributed by atoms with Crippen molar-refractivity contribution in [2.45, 2.75) is 32.4 Å². The molecule has 0 aromatic heterocycles. The predicted molar refractivity (Wildman–Crippen MR) is 134 cm³/mol. The van der Waals surface area contributed by atoms with E-state index >= 15 is 0 Å². The summed E-state index contributed by atoms with van der Waals surface area (Å²) in [7, 11) is 0. The Bertz CT molecular complexity index is 1270. The lowest BCUT2D eigenvalue weighted by molar-refractivity contribution is -0.384. The van der Waals surface area contributed by atoms with E-state index in [1.165, 1.54) is 30.5 Å². The Balaban J connectivity index is 1.51. The number of benzene rings is 3. The SMILES string of the molecule is CC1CCCN1Cc1ccc(N/C(=C2\C(=O)Nc3ccc([N+](=O)[O-])cc32)c2ccccc2)cc1. The summed E-state index contributed by atoms with van der Waals surface area (Å²) in [5, 5.41) is 17.6. The van der Waals surface area contributed by atoms with Gasteiger partial charge in [-0.2, -0.15) is 0 Å². The van der Waals surface area contributed by atoms with E-state index in [-0.39, 0.29) is 11.6 Å². The first-order valence-corrected chi connectivity index (χ1v) is 11.5. The van der Waals surface area contributed by atoms with E-state index in [0.29, 0.717) is 28.6 Å². The summed E-state index contributed by atoms with van der Waals surface area (Å²) in [6.07, 6.45) is 2.49. The van der Waals surface area contributed by atoms with Crippen molar-refractivity contribution in [2.75, 3.05) is 17.2 Å². The molecule has 0 aliphatic carbocycles. The van der Waals surface area contributed by atoms with E-state index in [1.54, 1.807) is 6.07 Å². The smallest absolute Gasteiger partial charge is 0.270 e. The molecule has 5 rings (SSSR count). The number of likely N-dealkylation sites (tertiary alicyclic amines) is 1. The molecular formula is C27H26N4O3. The largest absolute Gasteiger partial charge is 0.354 e. The van der Waals surface area contributed by atoms with Crippen LogP contribution in [0.4, 0.5) is 17.1 Å². The Labute approximate surface area is 198 Å². The van der Waals surface area contributed by atoms with E-state index in [9.17, 15) is 14.9 Å². The standard InChI is InChI=1S/C27H26N4O3/c1-18-6-5-15-30(18)17-19-9-11-21(12-10-19)28-26(20-7-3-2-4-8-20)25-23-16-22(31(33)34)13-14-24(23)29-27(25)32/h2-4,7-14,16,18,28H,5-6,15,17H2,1H3,(H,29,32)/b26-25-. The van der Waals surface area contributed by atoms with Crippen LogP contribution < -0.4 is 10.6 Å². The normalized spacial score (nSPS) is 19.0. The number of hydrogen-bond donors (Lipinski definition) is 2. The minimum absolute atomic E-state index is 0.0549. The third-order valence-corrected chi connectivity index (χ3v) is 6.57. The Morgan fingerprint density at radius 3 is 2.56 bits per heavy atom. The number of fused-ring (bicyclic) bond motifs is 1. The Hall–Kier alpha value is -3.97. The van der Waals surface area contributed by atoms with Gasteiger partial charge in [0.05, 0.1) is 16.2 Å². The van der Waals surface area contributed by atoms with E-state index < -0.39 is 4.92 Å². The summed E-state index contributed by atoms with van der Waals surface area (Å²) in [6.45, 7) is 4.33. The zero-order valence-electron chi connectivity index (χ0n) is 19.0. The average molecular weight is 455 g/mol. The van der Waals surface area contributed by atoms with Crippen LogP contribution >= 0.6 is 0 Å². The number of nitrogens with zero attached hydrogens (tertiary/aromatic N) is 2. The van der Waals surface area contributed by atoms with Gasteiger partial charge in [-0.15, -0.1) is 0 Å². The minimum Gasteiger partial charge on any atom is -0.354 e. The van der Waals surface area contributed by atoms with Gasteiger partial charge in [-0.3, -0.25) is 19.8 Å². The number of anilines is 2. The Morgan fingerprint density at radius 1 is 1.12 bits per heavy atom. The quantitative estimate of drug-likeness (QED) is 0.291. The Kier molecular flexibility index (Phi) is 5.86. The first-order chi connectivity index (χ1) is 16.5. The highest BCUT2D eigenvalue weighted by atomic mass is 16.6. The molecule has 2 N–H and O–H groups in total. The van der Waals surface area contributed by atoms with Crippen LogP contribution in [-0.2, 0) is 11.3 Å². The monoisotopic (exact) mass is 454 g/mol. The van der Waals surface area contributed by atoms with E-state index in [0.717, 1.165) is 24.3 Å². The van der Waals surface area contributed by atoms with E-state index in [2.05, 4.69) is 34.6 Å². The summed E-state index contributed by atoms with van der Waals surface area (Å²) in [5.74, 6) is -0.290. The summed E-state index contributed by atoms with van der Waals surface area (Å²) in [5.41, 5.74) is 4.94. The molecule has 172 valence electrons. The van der Waals surface area contributed by atoms with Crippen molar-refractivity contribution in [3.63, 3.8) is 0 Å². The fraction of sp³-hybridized carbons (Fsp3) is 0.222. The lowest BCUT2D eigenvalue weighted by Gasteiger charge is -2.21. The third kappa shape index (κ3) is 4.30. The average Bonchev–Trinajstić information content (AvgIpc) is 3.40. The molecule has 0 radical (unpaired) electrons. The molecule has 1 atom stereocenters. The molecule has 2 aliphatic rings. The summed E-state index contributed by atoms with van der Waals surface area (Å²) in [4.78, 5) is 26.4. The molecule has 0 bridgehead atoms. The summed E-state index contributed by atoms with van der Waals surface area (Å²) >= 11 is 0. The van der Waals surface area contributed by atoms with Crippen LogP contribution in [0.15, 0.2) is 72.8 Å². The van der Waals surface area contributed by atoms with Crippen LogP contribution in [0, 0.1) is 10.1 Å². The molecule has 3 aromatic carbocycles. The van der Waals surface area contributed by atoms with Gasteiger partial charge in [-0.05, 0) is 55.6 Å². The van der Waals surface area contributed by atoms with E-state index in [1.807, 2.05) is 42.5 Å². The number of amides is 1. The first-order valence-electron chi connectivity index (χ1n) is 11.5. The van der Waals surface area contributed by atoms with Crippen molar-refractivity contribution in [1.29, 1.82) is 0 Å². The molecule has 1 fully saturated rings. The summed E-state index contributed by atoms with van der Waals surface area (Å²) < 4.78 is 0. The second-order valence-corrected chi connectivity index (χ2v) is 8.84. The maximum absolute atomic E-state index is 13.0. The van der Waals surface area contributed by atoms with Gasteiger partial charge in [-0.25, -0.2) is 0 Å². The molecule has 2 heterocycles.